The first-order valence-electron chi connectivity index (χ1n) is 4.58. The fraction of sp³-hybridized carbons (Fsp3) is 0.273. The van der Waals surface area contributed by atoms with Gasteiger partial charge in [0.15, 0.2) is 0 Å². The van der Waals surface area contributed by atoms with Crippen molar-refractivity contribution in [1.82, 2.24) is 0 Å². The summed E-state index contributed by atoms with van der Waals surface area (Å²) in [4.78, 5) is 0. The van der Waals surface area contributed by atoms with Gasteiger partial charge in [-0.05, 0) is 31.9 Å². The molecule has 2 heteroatoms. The van der Waals surface area contributed by atoms with E-state index in [1.807, 2.05) is 0 Å². The minimum atomic E-state index is -0.425. The van der Waals surface area contributed by atoms with Crippen molar-refractivity contribution in [3.05, 3.63) is 35.1 Å². The molecule has 0 N–H and O–H groups in total. The molecule has 2 radical (unpaired) electrons. The van der Waals surface area contributed by atoms with Gasteiger partial charge in [0.1, 0.15) is 13.7 Å². The maximum absolute atomic E-state index is 13.7. The van der Waals surface area contributed by atoms with Gasteiger partial charge in [-0.1, -0.05) is 23.6 Å². The maximum Gasteiger partial charge on any atom is 0.132 e. The summed E-state index contributed by atoms with van der Waals surface area (Å²) < 4.78 is 21.3. The highest BCUT2D eigenvalue weighted by atomic mass is 19.1. The minimum Gasteiger partial charge on any atom is -0.206 e. The number of halogens is 1. The molecule has 0 heterocycles. The zero-order chi connectivity index (χ0) is 11.0. The SMILES string of the molecule is [2H]c1c(C)c([B])c(C(=C)C)c(F)c1C. The highest BCUT2D eigenvalue weighted by Crippen LogP contribution is 2.18. The van der Waals surface area contributed by atoms with Gasteiger partial charge < -0.3 is 0 Å². The van der Waals surface area contributed by atoms with Crippen LogP contribution in [0.15, 0.2) is 12.6 Å². The van der Waals surface area contributed by atoms with Crippen LogP contribution in [0.1, 0.15) is 25.0 Å². The van der Waals surface area contributed by atoms with E-state index in [-0.39, 0.29) is 6.04 Å². The van der Waals surface area contributed by atoms with E-state index in [1.54, 1.807) is 20.8 Å². The summed E-state index contributed by atoms with van der Waals surface area (Å²) in [6.07, 6.45) is 0. The average molecular weight is 175 g/mol. The Hall–Kier alpha value is -1.05. The number of benzene rings is 1. The van der Waals surface area contributed by atoms with E-state index in [0.717, 1.165) is 0 Å². The molecule has 0 saturated heterocycles. The summed E-state index contributed by atoms with van der Waals surface area (Å²) in [5, 5.41) is 0. The quantitative estimate of drug-likeness (QED) is 0.574. The van der Waals surface area contributed by atoms with E-state index >= 15 is 0 Å². The van der Waals surface area contributed by atoms with Gasteiger partial charge in [-0.2, -0.15) is 0 Å². The summed E-state index contributed by atoms with van der Waals surface area (Å²) in [6.45, 7) is 8.68. The molecule has 0 spiro atoms. The van der Waals surface area contributed by atoms with Gasteiger partial charge in [0.25, 0.3) is 0 Å². The maximum atomic E-state index is 13.7. The van der Waals surface area contributed by atoms with Crippen LogP contribution in [0, 0.1) is 19.7 Å². The molecule has 0 bridgehead atoms. The van der Waals surface area contributed by atoms with Crippen LogP contribution in [0.25, 0.3) is 5.57 Å². The lowest BCUT2D eigenvalue weighted by Gasteiger charge is -2.12. The van der Waals surface area contributed by atoms with Gasteiger partial charge in [0.05, 0.1) is 1.37 Å². The Kier molecular flexibility index (Phi) is 2.21. The normalized spacial score (nSPS) is 11.2. The molecule has 1 aromatic carbocycles. The third kappa shape index (κ3) is 1.67. The average Bonchev–Trinajstić information content (AvgIpc) is 2.11. The Morgan fingerprint density at radius 1 is 1.54 bits per heavy atom. The first kappa shape index (κ1) is 8.55. The van der Waals surface area contributed by atoms with Crippen LogP contribution < -0.4 is 5.46 Å². The second-order valence-electron chi connectivity index (χ2n) is 3.26. The monoisotopic (exact) mass is 175 g/mol. The molecule has 13 heavy (non-hydrogen) atoms. The van der Waals surface area contributed by atoms with Crippen LogP contribution >= 0.6 is 0 Å². The van der Waals surface area contributed by atoms with E-state index in [4.69, 9.17) is 9.22 Å². The van der Waals surface area contributed by atoms with Crippen molar-refractivity contribution in [3.8, 4) is 0 Å². The van der Waals surface area contributed by atoms with E-state index in [9.17, 15) is 4.39 Å². The number of allylic oxidation sites excluding steroid dienone is 1. The smallest absolute Gasteiger partial charge is 0.132 e. The number of hydrogen-bond donors (Lipinski definition) is 0. The Morgan fingerprint density at radius 3 is 2.54 bits per heavy atom. The van der Waals surface area contributed by atoms with Crippen LogP contribution in [0.3, 0.4) is 0 Å². The molecular formula is C11H12BF. The third-order valence-electron chi connectivity index (χ3n) is 2.02. The lowest BCUT2D eigenvalue weighted by molar-refractivity contribution is 0.615. The van der Waals surface area contributed by atoms with Crippen LogP contribution in [0.5, 0.6) is 0 Å². The number of rotatable bonds is 1. The largest absolute Gasteiger partial charge is 0.206 e. The van der Waals surface area contributed by atoms with Crippen molar-refractivity contribution in [2.45, 2.75) is 20.8 Å². The van der Waals surface area contributed by atoms with Gasteiger partial charge in [-0.3, -0.25) is 0 Å². The summed E-state index contributed by atoms with van der Waals surface area (Å²) in [7, 11) is 5.73. The Morgan fingerprint density at radius 2 is 2.08 bits per heavy atom. The van der Waals surface area contributed by atoms with E-state index in [1.165, 1.54) is 0 Å². The molecule has 0 atom stereocenters. The molecule has 0 aliphatic heterocycles. The molecule has 0 aromatic heterocycles. The molecule has 1 aromatic rings. The zero-order valence-electron chi connectivity index (χ0n) is 9.16. The van der Waals surface area contributed by atoms with Crippen molar-refractivity contribution in [3.63, 3.8) is 0 Å². The fourth-order valence-corrected chi connectivity index (χ4v) is 1.31. The minimum absolute atomic E-state index is 0.171. The molecule has 0 nitrogen and oxygen atoms in total. The third-order valence-corrected chi connectivity index (χ3v) is 2.02. The van der Waals surface area contributed by atoms with Crippen molar-refractivity contribution < 1.29 is 5.76 Å². The van der Waals surface area contributed by atoms with Crippen molar-refractivity contribution in [2.24, 2.45) is 0 Å². The molecular weight excluding hydrogens is 162 g/mol. The van der Waals surface area contributed by atoms with Crippen LogP contribution in [0.4, 0.5) is 4.39 Å². The van der Waals surface area contributed by atoms with Crippen LogP contribution in [-0.2, 0) is 0 Å². The standard InChI is InChI=1S/C11H12BF/c1-6(2)9-10(12)7(3)5-8(4)11(9)13/h5H,1H2,2-4H3/i5D. The van der Waals surface area contributed by atoms with Crippen molar-refractivity contribution in [2.75, 3.05) is 0 Å². The van der Waals surface area contributed by atoms with Crippen molar-refractivity contribution >= 4 is 18.9 Å². The fourth-order valence-electron chi connectivity index (χ4n) is 1.31. The number of hydrogen-bond acceptors (Lipinski definition) is 0. The van der Waals surface area contributed by atoms with E-state index in [0.29, 0.717) is 27.7 Å². The Bertz CT molecular complexity index is 381. The highest BCUT2D eigenvalue weighted by molar-refractivity contribution is 6.35. The lowest BCUT2D eigenvalue weighted by Crippen LogP contribution is -2.16. The Balaban J connectivity index is 3.68. The summed E-state index contributed by atoms with van der Waals surface area (Å²) in [5.74, 6) is -0.425. The summed E-state index contributed by atoms with van der Waals surface area (Å²) >= 11 is 0. The first-order valence-corrected chi connectivity index (χ1v) is 4.08. The van der Waals surface area contributed by atoms with Crippen molar-refractivity contribution in [1.29, 1.82) is 0 Å². The summed E-state index contributed by atoms with van der Waals surface area (Å²) in [5.41, 5.74) is 2.20. The highest BCUT2D eigenvalue weighted by Gasteiger charge is 2.10. The molecule has 0 aliphatic rings. The predicted octanol–water partition coefficient (Wildman–Crippen LogP) is 2.27. The molecule has 0 fully saturated rings. The second kappa shape index (κ2) is 3.37. The molecule has 0 aliphatic carbocycles. The van der Waals surface area contributed by atoms with E-state index < -0.39 is 5.82 Å². The Labute approximate surface area is 81.3 Å². The molecule has 66 valence electrons. The molecule has 1 rings (SSSR count). The van der Waals surface area contributed by atoms with Gasteiger partial charge in [0, 0.05) is 5.56 Å². The molecule has 0 amide bonds. The topological polar surface area (TPSA) is 0 Å². The van der Waals surface area contributed by atoms with Crippen LogP contribution in [0.2, 0.25) is 0 Å². The van der Waals surface area contributed by atoms with Gasteiger partial charge in [0.2, 0.25) is 0 Å². The summed E-state index contributed by atoms with van der Waals surface area (Å²) in [6, 6.07) is 0.171. The lowest BCUT2D eigenvalue weighted by atomic mass is 9.82. The second-order valence-corrected chi connectivity index (χ2v) is 3.26. The predicted molar refractivity (Wildman–Crippen MR) is 56.0 cm³/mol. The molecule has 0 saturated carbocycles. The zero-order valence-corrected chi connectivity index (χ0v) is 8.16. The van der Waals surface area contributed by atoms with Gasteiger partial charge >= 0.3 is 0 Å². The van der Waals surface area contributed by atoms with Gasteiger partial charge in [-0.15, -0.1) is 0 Å². The molecule has 0 unspecified atom stereocenters. The van der Waals surface area contributed by atoms with Crippen LogP contribution in [-0.4, -0.2) is 7.85 Å². The first-order chi connectivity index (χ1) is 6.37. The van der Waals surface area contributed by atoms with E-state index in [2.05, 4.69) is 6.58 Å². The van der Waals surface area contributed by atoms with Gasteiger partial charge in [-0.25, -0.2) is 4.39 Å².